The highest BCUT2D eigenvalue weighted by molar-refractivity contribution is 7.10. The highest BCUT2D eigenvalue weighted by Crippen LogP contribution is 2.42. The third-order valence-corrected chi connectivity index (χ3v) is 6.70. The molecule has 1 aromatic heterocycles. The van der Waals surface area contributed by atoms with E-state index in [-0.39, 0.29) is 29.5 Å². The number of likely N-dealkylation sites (tertiary alicyclic amines) is 1. The minimum atomic E-state index is -4.54. The number of ether oxygens (including phenoxy) is 1. The molecule has 4 rings (SSSR count). The predicted molar refractivity (Wildman–Crippen MR) is 131 cm³/mol. The number of alkyl halides is 3. The summed E-state index contributed by atoms with van der Waals surface area (Å²) in [5.41, 5.74) is 0.343. The maximum absolute atomic E-state index is 13.2. The van der Waals surface area contributed by atoms with E-state index in [0.29, 0.717) is 16.2 Å². The van der Waals surface area contributed by atoms with Gasteiger partial charge in [0.15, 0.2) is 0 Å². The molecule has 0 spiro atoms. The molecule has 188 valence electrons. The molecule has 1 saturated heterocycles. The van der Waals surface area contributed by atoms with Gasteiger partial charge in [0, 0.05) is 17.0 Å². The van der Waals surface area contributed by atoms with Crippen molar-refractivity contribution in [2.75, 3.05) is 0 Å². The van der Waals surface area contributed by atoms with E-state index in [1.54, 1.807) is 42.6 Å². The van der Waals surface area contributed by atoms with Crippen molar-refractivity contribution in [1.82, 2.24) is 4.90 Å². The van der Waals surface area contributed by atoms with Gasteiger partial charge in [-0.25, -0.2) is 0 Å². The normalized spacial score (nSPS) is 17.8. The molecule has 1 N–H and O–H groups in total. The Balaban J connectivity index is 1.77. The Morgan fingerprint density at radius 2 is 1.86 bits per heavy atom. The van der Waals surface area contributed by atoms with Crippen molar-refractivity contribution in [3.05, 3.63) is 92.7 Å². The molecule has 1 aliphatic rings. The average Bonchev–Trinajstić information content (AvgIpc) is 3.42. The molecule has 9 heteroatoms. The van der Waals surface area contributed by atoms with Crippen LogP contribution in [0.1, 0.15) is 47.0 Å². The number of aryl methyl sites for hydroxylation is 1. The summed E-state index contributed by atoms with van der Waals surface area (Å²) < 4.78 is 45.4. The molecule has 2 heterocycles. The molecule has 2 aromatic carbocycles. The van der Waals surface area contributed by atoms with E-state index < -0.39 is 29.5 Å². The lowest BCUT2D eigenvalue weighted by molar-refractivity contribution is -0.140. The number of hydrogen-bond acceptors (Lipinski definition) is 5. The fourth-order valence-corrected chi connectivity index (χ4v) is 5.01. The van der Waals surface area contributed by atoms with E-state index in [1.807, 2.05) is 13.8 Å². The lowest BCUT2D eigenvalue weighted by Crippen LogP contribution is -2.29. The minimum Gasteiger partial charge on any atom is -0.507 e. The van der Waals surface area contributed by atoms with Gasteiger partial charge >= 0.3 is 6.18 Å². The van der Waals surface area contributed by atoms with Gasteiger partial charge in [-0.05, 0) is 73.7 Å². The molecule has 0 bridgehead atoms. The van der Waals surface area contributed by atoms with Crippen molar-refractivity contribution in [2.24, 2.45) is 0 Å². The molecule has 0 saturated carbocycles. The van der Waals surface area contributed by atoms with Gasteiger partial charge in [-0.2, -0.15) is 13.2 Å². The molecular formula is C27H24F3NO4S. The number of amides is 1. The second-order valence-electron chi connectivity index (χ2n) is 8.79. The Labute approximate surface area is 210 Å². The van der Waals surface area contributed by atoms with Crippen molar-refractivity contribution < 1.29 is 32.6 Å². The number of thiophene rings is 1. The van der Waals surface area contributed by atoms with E-state index in [9.17, 15) is 27.9 Å². The number of benzene rings is 2. The van der Waals surface area contributed by atoms with Gasteiger partial charge in [0.2, 0.25) is 0 Å². The smallest absolute Gasteiger partial charge is 0.416 e. The van der Waals surface area contributed by atoms with Gasteiger partial charge in [-0.3, -0.25) is 9.59 Å². The summed E-state index contributed by atoms with van der Waals surface area (Å²) >= 11 is 1.28. The number of Topliss-reactive ketones (excluding diaryl/α,β-unsaturated/α-hetero) is 1. The van der Waals surface area contributed by atoms with Crippen LogP contribution in [-0.2, 0) is 22.3 Å². The molecule has 5 nitrogen and oxygen atoms in total. The van der Waals surface area contributed by atoms with Crippen LogP contribution in [0.3, 0.4) is 0 Å². The fourth-order valence-electron chi connectivity index (χ4n) is 4.17. The molecular weight excluding hydrogens is 491 g/mol. The van der Waals surface area contributed by atoms with Crippen LogP contribution in [0.5, 0.6) is 5.75 Å². The second kappa shape index (κ2) is 9.81. The summed E-state index contributed by atoms with van der Waals surface area (Å²) in [7, 11) is 0. The molecule has 0 radical (unpaired) electrons. The Kier molecular flexibility index (Phi) is 6.95. The average molecular weight is 516 g/mol. The van der Waals surface area contributed by atoms with Crippen LogP contribution in [0.4, 0.5) is 13.2 Å². The second-order valence-corrected chi connectivity index (χ2v) is 9.77. The molecule has 3 aromatic rings. The monoisotopic (exact) mass is 515 g/mol. The van der Waals surface area contributed by atoms with Crippen molar-refractivity contribution in [1.29, 1.82) is 0 Å². The van der Waals surface area contributed by atoms with Crippen LogP contribution in [0, 0.1) is 6.92 Å². The number of rotatable bonds is 6. The van der Waals surface area contributed by atoms with E-state index in [2.05, 4.69) is 0 Å². The maximum atomic E-state index is 13.2. The molecule has 0 aliphatic carbocycles. The first-order valence-corrected chi connectivity index (χ1v) is 12.1. The minimum absolute atomic E-state index is 0.0526. The lowest BCUT2D eigenvalue weighted by atomic mass is 9.98. The van der Waals surface area contributed by atoms with Crippen molar-refractivity contribution in [3.8, 4) is 5.75 Å². The number of carbonyl (C=O) groups is 2. The molecule has 1 fully saturated rings. The number of aliphatic hydroxyl groups is 1. The highest BCUT2D eigenvalue weighted by atomic mass is 32.1. The SMILES string of the molecule is Cc1cc(/C(O)=C2/C(=O)C(=O)N(Cc3cccc(C(F)(F)F)c3)C2c2cccs2)ccc1OC(C)C. The van der Waals surface area contributed by atoms with Crippen molar-refractivity contribution in [3.63, 3.8) is 0 Å². The Morgan fingerprint density at radius 3 is 2.47 bits per heavy atom. The van der Waals surface area contributed by atoms with E-state index in [4.69, 9.17) is 4.74 Å². The number of hydrogen-bond donors (Lipinski definition) is 1. The first-order valence-electron chi connectivity index (χ1n) is 11.2. The van der Waals surface area contributed by atoms with E-state index >= 15 is 0 Å². The molecule has 1 unspecified atom stereocenters. The number of nitrogens with zero attached hydrogens (tertiary/aromatic N) is 1. The quantitative estimate of drug-likeness (QED) is 0.232. The zero-order chi connectivity index (χ0) is 26.2. The first kappa shape index (κ1) is 25.5. The van der Waals surface area contributed by atoms with Crippen LogP contribution in [0.15, 0.2) is 65.6 Å². The zero-order valence-corrected chi connectivity index (χ0v) is 20.6. The lowest BCUT2D eigenvalue weighted by Gasteiger charge is -2.24. The van der Waals surface area contributed by atoms with Gasteiger partial charge in [0.1, 0.15) is 11.5 Å². The number of carbonyl (C=O) groups excluding carboxylic acids is 2. The van der Waals surface area contributed by atoms with Crippen LogP contribution in [0.25, 0.3) is 5.76 Å². The van der Waals surface area contributed by atoms with Gasteiger partial charge in [-0.15, -0.1) is 11.3 Å². The largest absolute Gasteiger partial charge is 0.507 e. The summed E-state index contributed by atoms with van der Waals surface area (Å²) in [5, 5.41) is 13.0. The van der Waals surface area contributed by atoms with Crippen molar-refractivity contribution in [2.45, 2.75) is 45.6 Å². The molecule has 1 aliphatic heterocycles. The number of halogens is 3. The van der Waals surface area contributed by atoms with E-state index in [1.165, 1.54) is 28.4 Å². The summed E-state index contributed by atoms with van der Waals surface area (Å²) in [4.78, 5) is 28.0. The third kappa shape index (κ3) is 5.02. The topological polar surface area (TPSA) is 66.8 Å². The number of ketones is 1. The highest BCUT2D eigenvalue weighted by Gasteiger charge is 2.46. The van der Waals surface area contributed by atoms with Gasteiger partial charge in [0.25, 0.3) is 11.7 Å². The van der Waals surface area contributed by atoms with Crippen LogP contribution in [0.2, 0.25) is 0 Å². The fraction of sp³-hybridized carbons (Fsp3) is 0.259. The predicted octanol–water partition coefficient (Wildman–Crippen LogP) is 6.48. The Hall–Kier alpha value is -3.59. The molecule has 1 amide bonds. The first-order chi connectivity index (χ1) is 17.0. The van der Waals surface area contributed by atoms with Gasteiger partial charge in [0.05, 0.1) is 23.3 Å². The van der Waals surface area contributed by atoms with Crippen LogP contribution in [-0.4, -0.2) is 27.8 Å². The summed E-state index contributed by atoms with van der Waals surface area (Å²) in [6.07, 6.45) is -4.59. The number of aliphatic hydroxyl groups excluding tert-OH is 1. The standard InChI is InChI=1S/C27H24F3NO4S/c1-15(2)35-20-10-9-18(12-16(20)3)24(32)22-23(21-8-5-11-36-21)31(26(34)25(22)33)14-17-6-4-7-19(13-17)27(28,29)30/h4-13,15,23,32H,14H2,1-3H3/b24-22-. The maximum Gasteiger partial charge on any atom is 0.416 e. The summed E-state index contributed by atoms with van der Waals surface area (Å²) in [6.45, 7) is 5.35. The Bertz CT molecular complexity index is 1330. The van der Waals surface area contributed by atoms with Gasteiger partial charge in [-0.1, -0.05) is 18.2 Å². The van der Waals surface area contributed by atoms with Crippen molar-refractivity contribution >= 4 is 28.8 Å². The molecule has 1 atom stereocenters. The van der Waals surface area contributed by atoms with E-state index in [0.717, 1.165) is 17.7 Å². The molecule has 36 heavy (non-hydrogen) atoms. The van der Waals surface area contributed by atoms with Gasteiger partial charge < -0.3 is 14.7 Å². The summed E-state index contributed by atoms with van der Waals surface area (Å²) in [5.74, 6) is -1.50. The summed E-state index contributed by atoms with van der Waals surface area (Å²) in [6, 6.07) is 12.1. The van der Waals surface area contributed by atoms with Crippen LogP contribution < -0.4 is 4.74 Å². The Morgan fingerprint density at radius 1 is 1.11 bits per heavy atom. The van der Waals surface area contributed by atoms with Crippen LogP contribution >= 0.6 is 11.3 Å². The third-order valence-electron chi connectivity index (χ3n) is 5.77. The zero-order valence-electron chi connectivity index (χ0n) is 19.8.